The number of methoxy groups -OCH3 is 1. The molecule has 49 heavy (non-hydrogen) atoms. The SMILES string of the molecule is CCOC(=O)C1CCC(O[C@@H](Cn2c(=O)n(C(C)(C)C(=O)NC(C)C)c(=O)c3c(C)c(N/N=C\C=N)sc32)c2cc(F)ccc2OC)CC1. The number of hydrogen-bond donors (Lipinski definition) is 3. The first-order valence-electron chi connectivity index (χ1n) is 16.3. The van der Waals surface area contributed by atoms with Gasteiger partial charge in [-0.05, 0) is 85.4 Å². The molecule has 0 radical (unpaired) electrons. The van der Waals surface area contributed by atoms with Crippen molar-refractivity contribution in [3.63, 3.8) is 0 Å². The van der Waals surface area contributed by atoms with Crippen LogP contribution < -0.4 is 26.7 Å². The van der Waals surface area contributed by atoms with Gasteiger partial charge in [-0.1, -0.05) is 11.3 Å². The Hall–Kier alpha value is -4.37. The number of nitrogens with zero attached hydrogens (tertiary/aromatic N) is 3. The van der Waals surface area contributed by atoms with Crippen molar-refractivity contribution in [2.45, 2.75) is 97.6 Å². The van der Waals surface area contributed by atoms with Crippen molar-refractivity contribution in [2.75, 3.05) is 19.1 Å². The van der Waals surface area contributed by atoms with Crippen molar-refractivity contribution < 1.29 is 28.2 Å². The molecule has 0 spiro atoms. The zero-order valence-electron chi connectivity index (χ0n) is 28.9. The molecule has 0 unspecified atom stereocenters. The van der Waals surface area contributed by atoms with Gasteiger partial charge in [-0.25, -0.2) is 13.8 Å². The van der Waals surface area contributed by atoms with Crippen LogP contribution in [0.4, 0.5) is 9.39 Å². The molecule has 2 aromatic heterocycles. The number of thiophene rings is 1. The number of carbonyl (C=O) groups excluding carboxylic acids is 2. The van der Waals surface area contributed by atoms with E-state index in [4.69, 9.17) is 19.6 Å². The van der Waals surface area contributed by atoms with Crippen LogP contribution in [0.15, 0.2) is 32.9 Å². The van der Waals surface area contributed by atoms with Gasteiger partial charge in [-0.15, -0.1) is 0 Å². The maximum Gasteiger partial charge on any atom is 0.333 e. The number of hydrogen-bond acceptors (Lipinski definition) is 11. The molecular formula is C34H45FN6O7S. The highest BCUT2D eigenvalue weighted by Crippen LogP contribution is 2.38. The van der Waals surface area contributed by atoms with Gasteiger partial charge in [0.05, 0.1) is 43.9 Å². The summed E-state index contributed by atoms with van der Waals surface area (Å²) in [6.45, 7) is 10.2. The third kappa shape index (κ3) is 8.10. The maximum atomic E-state index is 14.8. The van der Waals surface area contributed by atoms with E-state index in [1.807, 2.05) is 0 Å². The lowest BCUT2D eigenvalue weighted by atomic mass is 9.87. The monoisotopic (exact) mass is 700 g/mol. The molecule has 0 saturated heterocycles. The van der Waals surface area contributed by atoms with Crippen molar-refractivity contribution in [2.24, 2.45) is 11.0 Å². The lowest BCUT2D eigenvalue weighted by molar-refractivity contribution is -0.150. The molecule has 266 valence electrons. The molecular weight excluding hydrogens is 655 g/mol. The Bertz CT molecular complexity index is 1840. The van der Waals surface area contributed by atoms with E-state index in [0.717, 1.165) is 22.1 Å². The summed E-state index contributed by atoms with van der Waals surface area (Å²) in [5.74, 6) is -1.21. The average molecular weight is 701 g/mol. The van der Waals surface area contributed by atoms with E-state index in [-0.39, 0.29) is 36.0 Å². The predicted octanol–water partition coefficient (Wildman–Crippen LogP) is 4.87. The highest BCUT2D eigenvalue weighted by Gasteiger charge is 2.37. The van der Waals surface area contributed by atoms with E-state index in [0.29, 0.717) is 59.0 Å². The molecule has 3 aromatic rings. The molecule has 1 aliphatic carbocycles. The van der Waals surface area contributed by atoms with E-state index in [1.54, 1.807) is 27.7 Å². The van der Waals surface area contributed by atoms with E-state index >= 15 is 0 Å². The maximum absolute atomic E-state index is 14.8. The number of ether oxygens (including phenoxy) is 3. The minimum atomic E-state index is -1.60. The molecule has 3 N–H and O–H groups in total. The van der Waals surface area contributed by atoms with Crippen LogP contribution in [0.2, 0.25) is 0 Å². The van der Waals surface area contributed by atoms with Gasteiger partial charge in [0.25, 0.3) is 5.56 Å². The van der Waals surface area contributed by atoms with Crippen LogP contribution in [0.25, 0.3) is 10.2 Å². The second kappa shape index (κ2) is 15.9. The van der Waals surface area contributed by atoms with Gasteiger partial charge in [0.2, 0.25) is 5.91 Å². The molecule has 0 bridgehead atoms. The summed E-state index contributed by atoms with van der Waals surface area (Å²) in [5.41, 5.74) is 0.667. The number of rotatable bonds is 14. The van der Waals surface area contributed by atoms with Crippen LogP contribution in [0.1, 0.15) is 77.5 Å². The number of esters is 1. The Morgan fingerprint density at radius 3 is 2.51 bits per heavy atom. The van der Waals surface area contributed by atoms with Crippen molar-refractivity contribution in [1.29, 1.82) is 5.41 Å². The van der Waals surface area contributed by atoms with Gasteiger partial charge in [0.1, 0.15) is 33.0 Å². The Morgan fingerprint density at radius 2 is 1.90 bits per heavy atom. The van der Waals surface area contributed by atoms with Crippen molar-refractivity contribution in [3.05, 3.63) is 56.0 Å². The summed E-state index contributed by atoms with van der Waals surface area (Å²) in [4.78, 5) is 54.9. The quantitative estimate of drug-likeness (QED) is 0.122. The number of benzene rings is 1. The van der Waals surface area contributed by atoms with Crippen LogP contribution >= 0.6 is 11.3 Å². The van der Waals surface area contributed by atoms with Gasteiger partial charge in [-0.3, -0.25) is 24.4 Å². The second-order valence-corrected chi connectivity index (χ2v) is 13.7. The Kier molecular flexibility index (Phi) is 12.1. The van der Waals surface area contributed by atoms with Gasteiger partial charge in [-0.2, -0.15) is 5.10 Å². The Labute approximate surface area is 287 Å². The normalized spacial score (nSPS) is 17.3. The second-order valence-electron chi connectivity index (χ2n) is 12.8. The van der Waals surface area contributed by atoms with Gasteiger partial charge in [0, 0.05) is 23.4 Å². The third-order valence-electron chi connectivity index (χ3n) is 8.60. The number of anilines is 1. The number of fused-ring (bicyclic) bond motifs is 1. The van der Waals surface area contributed by atoms with Gasteiger partial charge < -0.3 is 24.9 Å². The topological polar surface area (TPSA) is 166 Å². The number of carbonyl (C=O) groups is 2. The van der Waals surface area contributed by atoms with Gasteiger partial charge in [0.15, 0.2) is 0 Å². The predicted molar refractivity (Wildman–Crippen MR) is 188 cm³/mol. The van der Waals surface area contributed by atoms with Crippen molar-refractivity contribution in [3.8, 4) is 5.75 Å². The summed E-state index contributed by atoms with van der Waals surface area (Å²) in [7, 11) is 1.45. The molecule has 13 nitrogen and oxygen atoms in total. The van der Waals surface area contributed by atoms with Gasteiger partial charge >= 0.3 is 11.7 Å². The fourth-order valence-electron chi connectivity index (χ4n) is 6.04. The largest absolute Gasteiger partial charge is 0.496 e. The van der Waals surface area contributed by atoms with Crippen LogP contribution in [0.5, 0.6) is 5.75 Å². The van der Waals surface area contributed by atoms with Crippen LogP contribution in [0, 0.1) is 24.1 Å². The molecule has 4 rings (SSSR count). The molecule has 1 aliphatic rings. The number of aromatic nitrogens is 2. The number of hydrazone groups is 1. The number of halogens is 1. The standard InChI is InChI=1S/C34H45FN6O7S/c1-8-47-31(43)21-9-12-23(13-10-21)48-26(24-17-22(35)11-14-25(24)46-7)18-40-30-27(20(4)28(49-30)39-37-16-15-36)29(42)41(33(40)45)34(5,6)32(44)38-19(2)3/h11,14-17,19,21,23,26,36,39H,8-10,12-13,18H2,1-7H3,(H,38,44)/b36-15?,37-16-/t21?,23?,26-/m0/s1. The van der Waals surface area contributed by atoms with Crippen LogP contribution in [-0.2, 0) is 31.1 Å². The first kappa shape index (κ1) is 37.4. The summed E-state index contributed by atoms with van der Waals surface area (Å²) in [6, 6.07) is 3.79. The summed E-state index contributed by atoms with van der Waals surface area (Å²) < 4.78 is 34.6. The van der Waals surface area contributed by atoms with Crippen molar-refractivity contribution in [1.82, 2.24) is 14.5 Å². The van der Waals surface area contributed by atoms with Crippen molar-refractivity contribution >= 4 is 50.9 Å². The average Bonchev–Trinajstić information content (AvgIpc) is 3.38. The molecule has 1 saturated carbocycles. The molecule has 1 aromatic carbocycles. The summed E-state index contributed by atoms with van der Waals surface area (Å²) in [5, 5.41) is 14.7. The molecule has 1 atom stereocenters. The fourth-order valence-corrected chi connectivity index (χ4v) is 7.20. The minimum absolute atomic E-state index is 0.168. The molecule has 0 aliphatic heterocycles. The number of amides is 1. The molecule has 2 heterocycles. The number of nitrogens with one attached hydrogen (secondary N) is 3. The fraction of sp³-hybridized carbons (Fsp3) is 0.529. The summed E-state index contributed by atoms with van der Waals surface area (Å²) in [6.07, 6.45) is 3.08. The number of aryl methyl sites for hydroxylation is 1. The third-order valence-corrected chi connectivity index (χ3v) is 9.82. The summed E-state index contributed by atoms with van der Waals surface area (Å²) >= 11 is 1.11. The van der Waals surface area contributed by atoms with Crippen LogP contribution in [-0.4, -0.2) is 59.3 Å². The first-order valence-corrected chi connectivity index (χ1v) is 17.1. The zero-order chi connectivity index (χ0) is 36.0. The zero-order valence-corrected chi connectivity index (χ0v) is 29.7. The molecule has 1 amide bonds. The highest BCUT2D eigenvalue weighted by atomic mass is 32.1. The van der Waals surface area contributed by atoms with E-state index in [2.05, 4.69) is 15.8 Å². The minimum Gasteiger partial charge on any atom is -0.496 e. The smallest absolute Gasteiger partial charge is 0.333 e. The first-order chi connectivity index (χ1) is 23.2. The lowest BCUT2D eigenvalue weighted by Gasteiger charge is -2.32. The van der Waals surface area contributed by atoms with E-state index in [9.17, 15) is 23.6 Å². The lowest BCUT2D eigenvalue weighted by Crippen LogP contribution is -2.56. The highest BCUT2D eigenvalue weighted by molar-refractivity contribution is 7.22. The Morgan fingerprint density at radius 1 is 1.20 bits per heavy atom. The Balaban J connectivity index is 1.90. The molecule has 1 fully saturated rings. The van der Waals surface area contributed by atoms with E-state index in [1.165, 1.54) is 49.9 Å². The van der Waals surface area contributed by atoms with E-state index < -0.39 is 34.6 Å². The van der Waals surface area contributed by atoms with Crippen LogP contribution in [0.3, 0.4) is 0 Å². The molecule has 15 heteroatoms.